The van der Waals surface area contributed by atoms with Crippen LogP contribution in [0.5, 0.6) is 5.75 Å². The zero-order valence-electron chi connectivity index (χ0n) is 22.3. The van der Waals surface area contributed by atoms with Gasteiger partial charge in [-0.25, -0.2) is 0 Å². The van der Waals surface area contributed by atoms with Crippen molar-refractivity contribution in [2.75, 3.05) is 13.6 Å². The SMILES string of the molecule is CN=C1CC2(c3cc(O)ccc3C)CCNC(C)C2(O)CC1=CC(=CO)C(=O)NC(CC(C)C)C(N)=O. The molecule has 2 aliphatic rings. The minimum Gasteiger partial charge on any atom is -0.515 e. The molecule has 0 radical (unpaired) electrons. The molecular weight excluding hydrogens is 472 g/mol. The van der Waals surface area contributed by atoms with Crippen LogP contribution < -0.4 is 16.4 Å². The molecule has 4 atom stereocenters. The summed E-state index contributed by atoms with van der Waals surface area (Å²) >= 11 is 0. The molecule has 1 heterocycles. The van der Waals surface area contributed by atoms with Gasteiger partial charge in [-0.05, 0) is 74.1 Å². The molecule has 1 aliphatic heterocycles. The van der Waals surface area contributed by atoms with Crippen molar-refractivity contribution in [2.45, 2.75) is 76.5 Å². The number of fused-ring (bicyclic) bond motifs is 1. The number of nitrogens with zero attached hydrogens (tertiary/aromatic N) is 1. The number of aliphatic hydroxyl groups is 2. The summed E-state index contributed by atoms with van der Waals surface area (Å²) in [5.41, 5.74) is 6.57. The largest absolute Gasteiger partial charge is 0.515 e. The van der Waals surface area contributed by atoms with Crippen molar-refractivity contribution in [1.82, 2.24) is 10.6 Å². The molecule has 9 heteroatoms. The normalized spacial score (nSPS) is 29.3. The first-order valence-electron chi connectivity index (χ1n) is 12.8. The Morgan fingerprint density at radius 2 is 2.03 bits per heavy atom. The van der Waals surface area contributed by atoms with Crippen molar-refractivity contribution in [3.63, 3.8) is 0 Å². The number of nitrogens with two attached hydrogens (primary N) is 1. The van der Waals surface area contributed by atoms with Crippen molar-refractivity contribution >= 4 is 17.5 Å². The standard InChI is InChI=1S/C28H40N4O5/c1-16(2)10-23(25(29)35)32-26(36)20(15-33)11-19-13-28(37)18(4)31-9-8-27(28,14-24(19)30-5)22-12-21(34)7-6-17(22)3/h6-7,11-12,15-16,18,23,31,33-34,37H,8-10,13-14H2,1-5H3,(H2,29,35)(H,32,36). The first-order chi connectivity index (χ1) is 17.4. The number of piperidine rings is 1. The van der Waals surface area contributed by atoms with E-state index >= 15 is 0 Å². The number of carbonyl (C=O) groups excluding carboxylic acids is 2. The van der Waals surface area contributed by atoms with Gasteiger partial charge >= 0.3 is 0 Å². The fourth-order valence-corrected chi connectivity index (χ4v) is 5.91. The second-order valence-corrected chi connectivity index (χ2v) is 10.8. The number of phenolic OH excluding ortho intramolecular Hbond substituents is 1. The van der Waals surface area contributed by atoms with Gasteiger partial charge in [-0.3, -0.25) is 14.6 Å². The molecule has 1 saturated carbocycles. The number of primary amides is 1. The number of phenols is 1. The van der Waals surface area contributed by atoms with Gasteiger partial charge in [0.2, 0.25) is 5.91 Å². The maximum atomic E-state index is 13.0. The van der Waals surface area contributed by atoms with Crippen LogP contribution in [-0.4, -0.2) is 64.1 Å². The maximum absolute atomic E-state index is 13.0. The number of hydrogen-bond acceptors (Lipinski definition) is 7. The van der Waals surface area contributed by atoms with Gasteiger partial charge in [0.15, 0.2) is 0 Å². The van der Waals surface area contributed by atoms with E-state index in [1.165, 1.54) is 6.08 Å². The number of benzene rings is 1. The molecule has 2 amide bonds. The van der Waals surface area contributed by atoms with E-state index in [9.17, 15) is 24.9 Å². The zero-order chi connectivity index (χ0) is 27.5. The second kappa shape index (κ2) is 11.1. The van der Waals surface area contributed by atoms with E-state index in [4.69, 9.17) is 5.73 Å². The number of amides is 2. The monoisotopic (exact) mass is 512 g/mol. The third kappa shape index (κ3) is 5.43. The predicted octanol–water partition coefficient (Wildman–Crippen LogP) is 2.30. The minimum atomic E-state index is -1.27. The average Bonchev–Trinajstić information content (AvgIpc) is 2.83. The van der Waals surface area contributed by atoms with Gasteiger partial charge < -0.3 is 31.7 Å². The summed E-state index contributed by atoms with van der Waals surface area (Å²) in [4.78, 5) is 29.4. The van der Waals surface area contributed by atoms with Crippen LogP contribution in [0, 0.1) is 12.8 Å². The number of aliphatic hydroxyl groups excluding tert-OH is 1. The van der Waals surface area contributed by atoms with E-state index < -0.39 is 28.9 Å². The molecular formula is C28H40N4O5. The molecule has 1 saturated heterocycles. The number of aromatic hydroxyl groups is 1. The van der Waals surface area contributed by atoms with E-state index in [-0.39, 0.29) is 29.7 Å². The predicted molar refractivity (Wildman–Crippen MR) is 144 cm³/mol. The molecule has 9 nitrogen and oxygen atoms in total. The Morgan fingerprint density at radius 1 is 1.32 bits per heavy atom. The fraction of sp³-hybridized carbons (Fsp3) is 0.536. The second-order valence-electron chi connectivity index (χ2n) is 10.8. The van der Waals surface area contributed by atoms with Crippen LogP contribution in [0.1, 0.15) is 57.6 Å². The zero-order valence-corrected chi connectivity index (χ0v) is 22.3. The fourth-order valence-electron chi connectivity index (χ4n) is 5.91. The number of aryl methyl sites for hydroxylation is 1. The van der Waals surface area contributed by atoms with Crippen molar-refractivity contribution in [2.24, 2.45) is 16.6 Å². The van der Waals surface area contributed by atoms with Gasteiger partial charge in [0.05, 0.1) is 17.4 Å². The maximum Gasteiger partial charge on any atom is 0.255 e. The lowest BCUT2D eigenvalue weighted by molar-refractivity contribution is -0.125. The molecule has 0 bridgehead atoms. The van der Waals surface area contributed by atoms with Gasteiger partial charge in [0, 0.05) is 37.1 Å². The van der Waals surface area contributed by atoms with Crippen molar-refractivity contribution in [3.8, 4) is 5.75 Å². The Hall–Kier alpha value is -3.17. The van der Waals surface area contributed by atoms with E-state index in [1.54, 1.807) is 19.2 Å². The molecule has 1 aromatic carbocycles. The van der Waals surface area contributed by atoms with Crippen LogP contribution in [0.3, 0.4) is 0 Å². The Morgan fingerprint density at radius 3 is 2.62 bits per heavy atom. The van der Waals surface area contributed by atoms with E-state index in [0.29, 0.717) is 43.4 Å². The Labute approximate surface area is 218 Å². The van der Waals surface area contributed by atoms with E-state index in [0.717, 1.165) is 11.1 Å². The highest BCUT2D eigenvalue weighted by molar-refractivity contribution is 6.06. The number of aliphatic imine (C=N–C) groups is 1. The highest BCUT2D eigenvalue weighted by Crippen LogP contribution is 2.54. The third-order valence-corrected chi connectivity index (χ3v) is 7.94. The first-order valence-corrected chi connectivity index (χ1v) is 12.8. The van der Waals surface area contributed by atoms with Crippen LogP contribution in [0.4, 0.5) is 0 Å². The average molecular weight is 513 g/mol. The smallest absolute Gasteiger partial charge is 0.255 e. The quantitative estimate of drug-likeness (QED) is 0.243. The van der Waals surface area contributed by atoms with Crippen LogP contribution in [0.25, 0.3) is 0 Å². The van der Waals surface area contributed by atoms with Gasteiger partial charge in [-0.15, -0.1) is 0 Å². The number of rotatable bonds is 7. The molecule has 3 rings (SSSR count). The van der Waals surface area contributed by atoms with E-state index in [1.807, 2.05) is 33.8 Å². The Kier molecular flexibility index (Phi) is 8.49. The minimum absolute atomic E-state index is 0.0628. The lowest BCUT2D eigenvalue weighted by Crippen LogP contribution is -2.69. The van der Waals surface area contributed by atoms with Crippen LogP contribution in [-0.2, 0) is 15.0 Å². The molecule has 2 fully saturated rings. The summed E-state index contributed by atoms with van der Waals surface area (Å²) < 4.78 is 0. The van der Waals surface area contributed by atoms with Crippen LogP contribution in [0.2, 0.25) is 0 Å². The summed E-state index contributed by atoms with van der Waals surface area (Å²) in [6.07, 6.45) is 3.76. The van der Waals surface area contributed by atoms with Gasteiger partial charge in [0.25, 0.3) is 5.91 Å². The van der Waals surface area contributed by atoms with Crippen molar-refractivity contribution in [3.05, 3.63) is 52.8 Å². The van der Waals surface area contributed by atoms with Gasteiger partial charge in [-0.2, -0.15) is 0 Å². The van der Waals surface area contributed by atoms with Crippen molar-refractivity contribution in [1.29, 1.82) is 0 Å². The summed E-state index contributed by atoms with van der Waals surface area (Å²) in [7, 11) is 1.66. The highest BCUT2D eigenvalue weighted by Gasteiger charge is 2.60. The molecule has 4 unspecified atom stereocenters. The van der Waals surface area contributed by atoms with Crippen LogP contribution in [0.15, 0.2) is 46.7 Å². The number of carbonyl (C=O) groups is 2. The van der Waals surface area contributed by atoms with Gasteiger partial charge in [-0.1, -0.05) is 19.9 Å². The highest BCUT2D eigenvalue weighted by atomic mass is 16.3. The third-order valence-electron chi connectivity index (χ3n) is 7.94. The van der Waals surface area contributed by atoms with Gasteiger partial charge in [0.1, 0.15) is 11.8 Å². The lowest BCUT2D eigenvalue weighted by Gasteiger charge is -2.58. The van der Waals surface area contributed by atoms with Crippen molar-refractivity contribution < 1.29 is 24.9 Å². The lowest BCUT2D eigenvalue weighted by atomic mass is 9.52. The Balaban J connectivity index is 2.03. The topological polar surface area (TPSA) is 157 Å². The number of hydrogen-bond donors (Lipinski definition) is 6. The summed E-state index contributed by atoms with van der Waals surface area (Å²) in [6, 6.07) is 4.04. The molecule has 7 N–H and O–H groups in total. The summed E-state index contributed by atoms with van der Waals surface area (Å²) in [6.45, 7) is 8.41. The molecule has 37 heavy (non-hydrogen) atoms. The molecule has 1 aliphatic carbocycles. The number of nitrogens with one attached hydrogen (secondary N) is 2. The summed E-state index contributed by atoms with van der Waals surface area (Å²) in [5.74, 6) is -1.04. The summed E-state index contributed by atoms with van der Waals surface area (Å²) in [5, 5.41) is 38.6. The molecule has 0 aromatic heterocycles. The van der Waals surface area contributed by atoms with E-state index in [2.05, 4.69) is 15.6 Å². The molecule has 0 spiro atoms. The first kappa shape index (κ1) is 28.4. The molecule has 1 aromatic rings. The Bertz CT molecular complexity index is 1140. The molecule has 202 valence electrons. The van der Waals surface area contributed by atoms with Crippen LogP contribution >= 0.6 is 0 Å².